The lowest BCUT2D eigenvalue weighted by molar-refractivity contribution is -0.389. The highest BCUT2D eigenvalue weighted by Gasteiger charge is 2.71. The molecule has 0 bridgehead atoms. The predicted octanol–water partition coefficient (Wildman–Crippen LogP) is 0.0951. The fourth-order valence-corrected chi connectivity index (χ4v) is 15.8. The van der Waals surface area contributed by atoms with E-state index in [1.54, 1.807) is 0 Å². The van der Waals surface area contributed by atoms with Crippen LogP contribution in [-0.2, 0) is 47.4 Å². The Morgan fingerprint density at radius 3 is 1.90 bits per heavy atom. The molecule has 0 amide bonds. The van der Waals surface area contributed by atoms with Gasteiger partial charge in [0.05, 0.1) is 44.2 Å². The van der Waals surface area contributed by atoms with Crippen LogP contribution in [0.25, 0.3) is 0 Å². The van der Waals surface area contributed by atoms with E-state index < -0.39 is 142 Å². The van der Waals surface area contributed by atoms with Gasteiger partial charge in [0, 0.05) is 12.3 Å². The summed E-state index contributed by atoms with van der Waals surface area (Å²) in [5.74, 6) is 1.78. The Kier molecular flexibility index (Phi) is 14.8. The zero-order valence-electron chi connectivity index (χ0n) is 42.1. The number of hydrogen-bond donors (Lipinski definition) is 10. The van der Waals surface area contributed by atoms with E-state index in [0.29, 0.717) is 42.4 Å². The van der Waals surface area contributed by atoms with Gasteiger partial charge < -0.3 is 98.4 Å². The number of aliphatic hydroxyl groups is 10. The first-order valence-electron chi connectivity index (χ1n) is 26.5. The van der Waals surface area contributed by atoms with Gasteiger partial charge in [-0.15, -0.1) is 0 Å². The van der Waals surface area contributed by atoms with E-state index >= 15 is 0 Å². The fraction of sp³-hybridized carbons (Fsp3) is 0.961. The summed E-state index contributed by atoms with van der Waals surface area (Å²) in [5, 5.41) is 108. The molecule has 0 aromatic carbocycles. The molecule has 10 N–H and O–H groups in total. The second-order valence-electron chi connectivity index (χ2n) is 24.1. The molecule has 6 saturated heterocycles. The van der Waals surface area contributed by atoms with Crippen molar-refractivity contribution in [1.29, 1.82) is 0 Å². The van der Waals surface area contributed by atoms with E-state index in [0.717, 1.165) is 51.6 Å². The first-order chi connectivity index (χ1) is 33.5. The topological polar surface area (TPSA) is 295 Å². The quantitative estimate of drug-likeness (QED) is 0.137. The normalized spacial score (nSPS) is 58.4. The molecule has 10 aliphatic rings. The van der Waals surface area contributed by atoms with Gasteiger partial charge in [-0.3, -0.25) is 0 Å². The van der Waals surface area contributed by atoms with Gasteiger partial charge in [0.15, 0.2) is 30.9 Å². The van der Waals surface area contributed by atoms with Gasteiger partial charge in [-0.2, -0.15) is 0 Å². The molecule has 10 rings (SSSR count). The summed E-state index contributed by atoms with van der Waals surface area (Å²) >= 11 is 0. The molecule has 6 aliphatic heterocycles. The molecule has 71 heavy (non-hydrogen) atoms. The van der Waals surface area contributed by atoms with Gasteiger partial charge in [0.25, 0.3) is 0 Å². The van der Waals surface area contributed by atoms with Crippen molar-refractivity contribution in [3.05, 3.63) is 11.6 Å². The van der Waals surface area contributed by atoms with E-state index in [-0.39, 0.29) is 22.3 Å². The standard InChI is InChI=1S/C51H82O20/c1-21-8-15-51(63-19-21)22(2)32-27(71-51)17-31-49(6)12-9-25-16-26(10-13-48(25,5)30(49)11-14-50(31,32)7)66-47-43(70-46-40(60)37(57)34(54)24(4)65-46)41(61)42(28(18-52)67-47)69-44-38(58)35(55)29(20-62-44)68-45-39(59)36(56)33(53)23(3)64-45/h9,21-24,26-47,52-61H,8,10-20H2,1-7H3/t21-,22+,23+,24+,26+,27+,28-,29+,30-,31+,32+,33+,34+,35-,36-,37-,38-,39-,40-,41+,42-,43-,44+,45+,46+,47-,48+,49-,50+,51-/m1/s1. The monoisotopic (exact) mass is 1010 g/mol. The average molecular weight is 1020 g/mol. The van der Waals surface area contributed by atoms with E-state index in [1.165, 1.54) is 19.4 Å². The highest BCUT2D eigenvalue weighted by Crippen LogP contribution is 2.74. The van der Waals surface area contributed by atoms with Crippen molar-refractivity contribution < 1.29 is 98.4 Å². The molecule has 30 atom stereocenters. The Morgan fingerprint density at radius 1 is 0.606 bits per heavy atom. The minimum atomic E-state index is -1.83. The second-order valence-corrected chi connectivity index (χ2v) is 24.1. The number of fused-ring (bicyclic) bond motifs is 7. The highest BCUT2D eigenvalue weighted by atomic mass is 16.8. The van der Waals surface area contributed by atoms with Gasteiger partial charge in [0.2, 0.25) is 0 Å². The maximum Gasteiger partial charge on any atom is 0.187 e. The Bertz CT molecular complexity index is 1900. The van der Waals surface area contributed by atoms with Gasteiger partial charge in [-0.05, 0) is 105 Å². The Morgan fingerprint density at radius 2 is 1.25 bits per heavy atom. The highest BCUT2D eigenvalue weighted by molar-refractivity contribution is 5.29. The van der Waals surface area contributed by atoms with Crippen molar-refractivity contribution in [3.63, 3.8) is 0 Å². The number of ether oxygens (including phenoxy) is 10. The fourth-order valence-electron chi connectivity index (χ4n) is 15.8. The zero-order chi connectivity index (χ0) is 50.9. The molecule has 20 nitrogen and oxygen atoms in total. The Balaban J connectivity index is 0.838. The van der Waals surface area contributed by atoms with Crippen molar-refractivity contribution in [2.75, 3.05) is 19.8 Å². The van der Waals surface area contributed by atoms with Crippen molar-refractivity contribution >= 4 is 0 Å². The molecule has 0 aromatic heterocycles. The van der Waals surface area contributed by atoms with Crippen LogP contribution in [0, 0.1) is 45.8 Å². The minimum absolute atomic E-state index is 0.0646. The SMILES string of the molecule is C[C@@H]1CC[C@@]2(OC1)O[C@H]1C[C@H]3[C@]4(C)CC=C5C[C@@H](O[C@@H]6O[C@H](CO)[C@@H](O[C@@H]7OC[C@H](O[C@@H]8O[C@@H](C)[C@H](O)[C@@H](O)[C@H]8O)[C@@H](O)[C@H]7O)[C@H](O)[C@H]6O[C@@H]6O[C@@H](C)[C@H](O)[C@@H](O)[C@H]6O)CC[C@]5(C)[C@H]4CC[C@]3(C)[C@H]1[C@@H]2C. The summed E-state index contributed by atoms with van der Waals surface area (Å²) in [5.41, 5.74) is 1.42. The molecule has 0 aromatic rings. The third kappa shape index (κ3) is 8.84. The first-order valence-corrected chi connectivity index (χ1v) is 26.5. The number of rotatable bonds is 9. The molecule has 20 heteroatoms. The van der Waals surface area contributed by atoms with Gasteiger partial charge in [0.1, 0.15) is 79.4 Å². The smallest absolute Gasteiger partial charge is 0.187 e. The summed E-state index contributed by atoms with van der Waals surface area (Å²) in [6, 6.07) is 0. The van der Waals surface area contributed by atoms with Crippen LogP contribution in [0.1, 0.15) is 106 Å². The lowest BCUT2D eigenvalue weighted by Gasteiger charge is -2.63. The molecular weight excluding hydrogens is 933 g/mol. The van der Waals surface area contributed by atoms with Crippen molar-refractivity contribution in [1.82, 2.24) is 0 Å². The summed E-state index contributed by atoms with van der Waals surface area (Å²) in [6.07, 6.45) is -17.9. The van der Waals surface area contributed by atoms with Crippen LogP contribution in [0.4, 0.5) is 0 Å². The average Bonchev–Trinajstić information content (AvgIpc) is 3.80. The Hall–Kier alpha value is -1.06. The number of aliphatic hydroxyl groups excluding tert-OH is 10. The van der Waals surface area contributed by atoms with Crippen LogP contribution in [0.3, 0.4) is 0 Å². The lowest BCUT2D eigenvalue weighted by Crippen LogP contribution is -2.66. The van der Waals surface area contributed by atoms with Crippen LogP contribution < -0.4 is 0 Å². The van der Waals surface area contributed by atoms with Crippen molar-refractivity contribution in [3.8, 4) is 0 Å². The second kappa shape index (κ2) is 19.7. The van der Waals surface area contributed by atoms with Crippen LogP contribution in [-0.4, -0.2) is 206 Å². The number of allylic oxidation sites excluding steroid dienone is 1. The van der Waals surface area contributed by atoms with E-state index in [1.807, 2.05) is 0 Å². The molecule has 4 aliphatic carbocycles. The van der Waals surface area contributed by atoms with E-state index in [9.17, 15) is 51.1 Å². The maximum atomic E-state index is 12.2. The van der Waals surface area contributed by atoms with Gasteiger partial charge in [-0.25, -0.2) is 0 Å². The Labute approximate surface area is 415 Å². The molecule has 0 radical (unpaired) electrons. The molecule has 406 valence electrons. The molecule has 1 spiro atoms. The maximum absolute atomic E-state index is 12.2. The van der Waals surface area contributed by atoms with Crippen molar-refractivity contribution in [2.24, 2.45) is 45.8 Å². The molecule has 0 unspecified atom stereocenters. The van der Waals surface area contributed by atoms with Gasteiger partial charge in [-0.1, -0.05) is 46.3 Å². The molecule has 3 saturated carbocycles. The molecule has 9 fully saturated rings. The predicted molar refractivity (Wildman–Crippen MR) is 244 cm³/mol. The van der Waals surface area contributed by atoms with Crippen molar-refractivity contribution in [2.45, 2.75) is 241 Å². The number of hydrogen-bond acceptors (Lipinski definition) is 20. The van der Waals surface area contributed by atoms with Crippen LogP contribution >= 0.6 is 0 Å². The first kappa shape index (κ1) is 53.3. The third-order valence-electron chi connectivity index (χ3n) is 20.0. The van der Waals surface area contributed by atoms with E-state index in [2.05, 4.69) is 40.7 Å². The lowest BCUT2D eigenvalue weighted by atomic mass is 9.41. The van der Waals surface area contributed by atoms with Gasteiger partial charge >= 0.3 is 0 Å². The molecule has 6 heterocycles. The zero-order valence-corrected chi connectivity index (χ0v) is 42.1. The third-order valence-corrected chi connectivity index (χ3v) is 20.0. The van der Waals surface area contributed by atoms with E-state index in [4.69, 9.17) is 47.4 Å². The minimum Gasteiger partial charge on any atom is -0.394 e. The largest absolute Gasteiger partial charge is 0.394 e. The summed E-state index contributed by atoms with van der Waals surface area (Å²) < 4.78 is 61.9. The summed E-state index contributed by atoms with van der Waals surface area (Å²) in [7, 11) is 0. The van der Waals surface area contributed by atoms with Crippen LogP contribution in [0.2, 0.25) is 0 Å². The van der Waals surface area contributed by atoms with Crippen LogP contribution in [0.15, 0.2) is 11.6 Å². The van der Waals surface area contributed by atoms with Crippen LogP contribution in [0.5, 0.6) is 0 Å². The summed E-state index contributed by atoms with van der Waals surface area (Å²) in [4.78, 5) is 0. The summed E-state index contributed by atoms with van der Waals surface area (Å²) in [6.45, 7) is 14.7. The molecular formula is C51H82O20.